The van der Waals surface area contributed by atoms with Gasteiger partial charge in [0.05, 0.1) is 20.6 Å². The normalized spacial score (nSPS) is 20.7. The molecule has 0 fully saturated rings. The van der Waals surface area contributed by atoms with Crippen molar-refractivity contribution in [3.8, 4) is 5.75 Å². The van der Waals surface area contributed by atoms with Crippen molar-refractivity contribution in [3.05, 3.63) is 29.3 Å². The van der Waals surface area contributed by atoms with Crippen LogP contribution in [0.25, 0.3) is 0 Å². The van der Waals surface area contributed by atoms with Gasteiger partial charge >= 0.3 is 5.97 Å². The van der Waals surface area contributed by atoms with Crippen LogP contribution in [0, 0.1) is 0 Å². The Morgan fingerprint density at radius 3 is 2.90 bits per heavy atom. The highest BCUT2D eigenvalue weighted by atomic mass is 32.2. The van der Waals surface area contributed by atoms with Gasteiger partial charge in [0.1, 0.15) is 5.75 Å². The molecule has 1 N–H and O–H groups in total. The van der Waals surface area contributed by atoms with Crippen LogP contribution in [0.2, 0.25) is 0 Å². The number of fused-ring (bicyclic) bond motifs is 1. The first-order chi connectivity index (χ1) is 10.2. The molecule has 0 aliphatic heterocycles. The largest absolute Gasteiger partial charge is 0.497 e. The number of methoxy groups -OCH3 is 2. The molecular formula is C16H23NO3S. The topological polar surface area (TPSA) is 47.6 Å². The maximum absolute atomic E-state index is 11.2. The Labute approximate surface area is 130 Å². The maximum Gasteiger partial charge on any atom is 0.306 e. The Hall–Kier alpha value is -1.20. The minimum Gasteiger partial charge on any atom is -0.497 e. The fraction of sp³-hybridized carbons (Fsp3) is 0.562. The minimum atomic E-state index is -0.135. The highest BCUT2D eigenvalue weighted by Crippen LogP contribution is 2.38. The number of thioether (sulfide) groups is 1. The van der Waals surface area contributed by atoms with E-state index in [1.165, 1.54) is 18.2 Å². The average Bonchev–Trinajstić information content (AvgIpc) is 2.53. The van der Waals surface area contributed by atoms with Gasteiger partial charge in [0.25, 0.3) is 0 Å². The van der Waals surface area contributed by atoms with Crippen molar-refractivity contribution in [1.29, 1.82) is 0 Å². The lowest BCUT2D eigenvalue weighted by Crippen LogP contribution is -2.32. The lowest BCUT2D eigenvalue weighted by molar-refractivity contribution is -0.140. The molecule has 1 aromatic rings. The van der Waals surface area contributed by atoms with E-state index in [0.29, 0.717) is 17.7 Å². The summed E-state index contributed by atoms with van der Waals surface area (Å²) in [5.41, 5.74) is 2.71. The van der Waals surface area contributed by atoms with Crippen LogP contribution in [-0.2, 0) is 16.0 Å². The first-order valence-corrected chi connectivity index (χ1v) is 8.27. The van der Waals surface area contributed by atoms with Crippen LogP contribution in [0.1, 0.15) is 30.0 Å². The fourth-order valence-electron chi connectivity index (χ4n) is 2.81. The molecule has 0 saturated heterocycles. The number of hydrogen-bond donors (Lipinski definition) is 1. The Morgan fingerprint density at radius 1 is 1.43 bits per heavy atom. The van der Waals surface area contributed by atoms with Gasteiger partial charge in [-0.3, -0.25) is 4.79 Å². The number of benzene rings is 1. The van der Waals surface area contributed by atoms with E-state index >= 15 is 0 Å². The summed E-state index contributed by atoms with van der Waals surface area (Å²) >= 11 is 1.85. The summed E-state index contributed by atoms with van der Waals surface area (Å²) in [6, 6.07) is 6.63. The molecule has 1 aliphatic carbocycles. The van der Waals surface area contributed by atoms with Crippen molar-refractivity contribution in [2.75, 3.05) is 27.0 Å². The number of ether oxygens (including phenoxy) is 2. The van der Waals surface area contributed by atoms with Crippen molar-refractivity contribution >= 4 is 17.7 Å². The second-order valence-corrected chi connectivity index (χ2v) is 6.45. The zero-order chi connectivity index (χ0) is 15.2. The van der Waals surface area contributed by atoms with Crippen LogP contribution in [0.3, 0.4) is 0 Å². The van der Waals surface area contributed by atoms with E-state index in [1.807, 2.05) is 24.9 Å². The maximum atomic E-state index is 11.2. The van der Waals surface area contributed by atoms with Crippen LogP contribution in [0.15, 0.2) is 18.2 Å². The van der Waals surface area contributed by atoms with Gasteiger partial charge < -0.3 is 14.8 Å². The number of esters is 1. The molecule has 2 atom stereocenters. The molecule has 116 valence electrons. The molecule has 0 aromatic heterocycles. The lowest BCUT2D eigenvalue weighted by Gasteiger charge is -2.33. The summed E-state index contributed by atoms with van der Waals surface area (Å²) in [6.07, 6.45) is 2.64. The molecule has 1 aliphatic rings. The first kappa shape index (κ1) is 16.2. The third-order valence-corrected chi connectivity index (χ3v) is 5.31. The second kappa shape index (κ2) is 7.71. The van der Waals surface area contributed by atoms with Crippen LogP contribution in [0.4, 0.5) is 0 Å². The SMILES string of the molecule is CNC1c2ccc(OC)cc2CCC1SCCC(=O)OC. The number of aryl methyl sites for hydroxylation is 1. The summed E-state index contributed by atoms with van der Waals surface area (Å²) < 4.78 is 10.00. The van der Waals surface area contributed by atoms with Crippen molar-refractivity contribution in [2.24, 2.45) is 0 Å². The minimum absolute atomic E-state index is 0.135. The fourth-order valence-corrected chi connectivity index (χ4v) is 4.16. The molecule has 2 unspecified atom stereocenters. The van der Waals surface area contributed by atoms with Crippen LogP contribution in [-0.4, -0.2) is 38.2 Å². The molecule has 0 amide bonds. The molecule has 0 heterocycles. The second-order valence-electron chi connectivity index (χ2n) is 5.11. The van der Waals surface area contributed by atoms with Gasteiger partial charge in [-0.05, 0) is 43.1 Å². The van der Waals surface area contributed by atoms with E-state index < -0.39 is 0 Å². The van der Waals surface area contributed by atoms with E-state index in [-0.39, 0.29) is 5.97 Å². The third kappa shape index (κ3) is 3.92. The lowest BCUT2D eigenvalue weighted by atomic mass is 9.87. The van der Waals surface area contributed by atoms with Gasteiger partial charge in [0.2, 0.25) is 0 Å². The monoisotopic (exact) mass is 309 g/mol. The van der Waals surface area contributed by atoms with Gasteiger partial charge in [-0.1, -0.05) is 6.07 Å². The molecule has 0 bridgehead atoms. The van der Waals surface area contributed by atoms with Crippen molar-refractivity contribution in [2.45, 2.75) is 30.6 Å². The van der Waals surface area contributed by atoms with Gasteiger partial charge in [-0.25, -0.2) is 0 Å². The average molecular weight is 309 g/mol. The van der Waals surface area contributed by atoms with E-state index in [0.717, 1.165) is 24.3 Å². The summed E-state index contributed by atoms with van der Waals surface area (Å²) in [4.78, 5) is 11.2. The van der Waals surface area contributed by atoms with Crippen molar-refractivity contribution < 1.29 is 14.3 Å². The number of carbonyl (C=O) groups is 1. The number of hydrogen-bond acceptors (Lipinski definition) is 5. The summed E-state index contributed by atoms with van der Waals surface area (Å²) in [5.74, 6) is 1.59. The van der Waals surface area contributed by atoms with E-state index in [2.05, 4.69) is 17.4 Å². The van der Waals surface area contributed by atoms with Crippen LogP contribution in [0.5, 0.6) is 5.75 Å². The van der Waals surface area contributed by atoms with Gasteiger partial charge in [-0.15, -0.1) is 0 Å². The molecule has 0 saturated carbocycles. The third-order valence-electron chi connectivity index (χ3n) is 3.93. The van der Waals surface area contributed by atoms with Crippen LogP contribution < -0.4 is 10.1 Å². The molecular weight excluding hydrogens is 286 g/mol. The first-order valence-electron chi connectivity index (χ1n) is 7.22. The van der Waals surface area contributed by atoms with Crippen molar-refractivity contribution in [1.82, 2.24) is 5.32 Å². The zero-order valence-electron chi connectivity index (χ0n) is 12.8. The molecule has 1 aromatic carbocycles. The molecule has 21 heavy (non-hydrogen) atoms. The van der Waals surface area contributed by atoms with Gasteiger partial charge in [0, 0.05) is 17.0 Å². The molecule has 5 heteroatoms. The summed E-state index contributed by atoms with van der Waals surface area (Å²) in [5, 5.41) is 3.91. The molecule has 4 nitrogen and oxygen atoms in total. The Balaban J connectivity index is 2.03. The van der Waals surface area contributed by atoms with Crippen LogP contribution >= 0.6 is 11.8 Å². The zero-order valence-corrected chi connectivity index (χ0v) is 13.7. The highest BCUT2D eigenvalue weighted by molar-refractivity contribution is 7.99. The predicted octanol–water partition coefficient (Wildman–Crippen LogP) is 2.57. The predicted molar refractivity (Wildman–Crippen MR) is 86.0 cm³/mol. The van der Waals surface area contributed by atoms with Gasteiger partial charge in [0.15, 0.2) is 0 Å². The molecule has 0 radical (unpaired) electrons. The van der Waals surface area contributed by atoms with Gasteiger partial charge in [-0.2, -0.15) is 11.8 Å². The quantitative estimate of drug-likeness (QED) is 0.818. The Morgan fingerprint density at radius 2 is 2.24 bits per heavy atom. The summed E-state index contributed by atoms with van der Waals surface area (Å²) in [7, 11) is 5.14. The van der Waals surface area contributed by atoms with Crippen molar-refractivity contribution in [3.63, 3.8) is 0 Å². The Bertz CT molecular complexity index is 492. The van der Waals surface area contributed by atoms with E-state index in [1.54, 1.807) is 7.11 Å². The standard InChI is InChI=1S/C16H23NO3S/c1-17-16-13-6-5-12(19-2)10-11(13)4-7-14(16)21-9-8-15(18)20-3/h5-6,10,14,16-17H,4,7-9H2,1-3H3. The highest BCUT2D eigenvalue weighted by Gasteiger charge is 2.29. The number of rotatable bonds is 6. The van der Waals surface area contributed by atoms with E-state index in [9.17, 15) is 4.79 Å². The molecule has 0 spiro atoms. The number of carbonyl (C=O) groups excluding carboxylic acids is 1. The smallest absolute Gasteiger partial charge is 0.306 e. The number of nitrogens with one attached hydrogen (secondary N) is 1. The molecule has 2 rings (SSSR count). The van der Waals surface area contributed by atoms with E-state index in [4.69, 9.17) is 9.47 Å². The summed E-state index contributed by atoms with van der Waals surface area (Å²) in [6.45, 7) is 0. The Kier molecular flexibility index (Phi) is 5.94.